The number of hydrogen-bond acceptors (Lipinski definition) is 5. The van der Waals surface area contributed by atoms with E-state index >= 15 is 0 Å². The van der Waals surface area contributed by atoms with Gasteiger partial charge in [-0.3, -0.25) is 0 Å². The maximum absolute atomic E-state index is 5.10. The number of pyridine rings is 1. The standard InChI is InChI=1S/C47H31N3.2C46H30N4/c1-4-14-33(15-5-1)41-30-35(31-42(48-41)34-16-6-2-7-17-34)32-24-26-37(27-25-32)50-43-22-12-10-20-38(43)39-28-29-45-46(47(39)50)40-21-11-13-23-44(40)49(45)36-18-8-3-9-19-36;1-4-14-31(15-5-1)39-30-40(48-46(47-39)33-16-6-2-7-17-33)32-24-26-35(27-25-32)50-41-22-12-10-20-36(41)37-28-29-43-44(45(37)50)38-21-11-13-23-42(38)49(43)34-18-8-3-9-19-34;1-4-14-31(15-5-1)39-30-40(32-16-6-2-7-17-32)48-46(47-39)33-24-26-35(27-25-33)50-41-22-12-10-20-36(41)37-28-29-43-44(45(37)50)38-21-11-13-23-42(38)49(43)34-18-8-3-9-19-34/h1-31H;2*1-30H. The van der Waals surface area contributed by atoms with Gasteiger partial charge < -0.3 is 27.4 Å². The number of para-hydroxylation sites is 9. The summed E-state index contributed by atoms with van der Waals surface area (Å²) in [6.07, 6.45) is 0. The fourth-order valence-corrected chi connectivity index (χ4v) is 22.6. The van der Waals surface area contributed by atoms with E-state index in [1.807, 2.05) is 84.9 Å². The molecule has 0 aliphatic carbocycles. The smallest absolute Gasteiger partial charge is 0.160 e. The molecule has 702 valence electrons. The summed E-state index contributed by atoms with van der Waals surface area (Å²) in [5, 5.41) is 14.9. The number of fused-ring (bicyclic) bond motifs is 21. The summed E-state index contributed by atoms with van der Waals surface area (Å²) >= 11 is 0. The molecule has 30 aromatic rings. The van der Waals surface area contributed by atoms with E-state index in [9.17, 15) is 0 Å². The molecule has 0 amide bonds. The molecule has 30 rings (SSSR count). The normalized spacial score (nSPS) is 11.6. The van der Waals surface area contributed by atoms with Gasteiger partial charge in [-0.1, -0.05) is 388 Å². The van der Waals surface area contributed by atoms with Gasteiger partial charge in [0.2, 0.25) is 0 Å². The molecule has 9 heterocycles. The molecule has 0 fully saturated rings. The minimum Gasteiger partial charge on any atom is -0.309 e. The second-order valence-electron chi connectivity index (χ2n) is 38.1. The Hall–Kier alpha value is -20.3. The van der Waals surface area contributed by atoms with E-state index in [1.54, 1.807) is 0 Å². The Morgan fingerprint density at radius 2 is 0.313 bits per heavy atom. The average Bonchev–Trinajstić information content (AvgIpc) is 1.55. The Labute approximate surface area is 864 Å². The van der Waals surface area contributed by atoms with E-state index in [2.05, 4.69) is 495 Å². The third-order valence-corrected chi connectivity index (χ3v) is 29.4. The van der Waals surface area contributed by atoms with Crippen molar-refractivity contribution in [1.82, 2.24) is 52.3 Å². The van der Waals surface area contributed by atoms with Crippen molar-refractivity contribution in [3.63, 3.8) is 0 Å². The number of hydrogen-bond donors (Lipinski definition) is 0. The summed E-state index contributed by atoms with van der Waals surface area (Å²) in [6, 6.07) is 196. The Kier molecular flexibility index (Phi) is 21.7. The molecule has 0 unspecified atom stereocenters. The summed E-state index contributed by atoms with van der Waals surface area (Å²) in [6.45, 7) is 0. The quantitative estimate of drug-likeness (QED) is 0.102. The summed E-state index contributed by atoms with van der Waals surface area (Å²) in [4.78, 5) is 25.3. The fourth-order valence-electron chi connectivity index (χ4n) is 22.6. The Bertz CT molecular complexity index is 9270. The minimum absolute atomic E-state index is 0.701. The average molecular weight is 1920 g/mol. The van der Waals surface area contributed by atoms with Crippen LogP contribution in [-0.2, 0) is 0 Å². The molecule has 0 saturated heterocycles. The van der Waals surface area contributed by atoms with Crippen molar-refractivity contribution in [2.45, 2.75) is 0 Å². The van der Waals surface area contributed by atoms with Gasteiger partial charge in [0.25, 0.3) is 0 Å². The zero-order valence-electron chi connectivity index (χ0n) is 81.5. The monoisotopic (exact) mass is 1910 g/mol. The first-order chi connectivity index (χ1) is 74.4. The first-order valence-electron chi connectivity index (χ1n) is 50.9. The molecule has 11 heteroatoms. The van der Waals surface area contributed by atoms with Crippen LogP contribution >= 0.6 is 0 Å². The molecule has 0 radical (unpaired) electrons. The van der Waals surface area contributed by atoms with Crippen LogP contribution in [0.25, 0.3) is 266 Å². The first-order valence-corrected chi connectivity index (χ1v) is 50.9. The van der Waals surface area contributed by atoms with Crippen molar-refractivity contribution in [2.75, 3.05) is 0 Å². The van der Waals surface area contributed by atoms with Crippen LogP contribution in [-0.4, -0.2) is 52.3 Å². The highest BCUT2D eigenvalue weighted by Crippen LogP contribution is 2.48. The molecule has 0 aliphatic heterocycles. The maximum Gasteiger partial charge on any atom is 0.160 e. The fraction of sp³-hybridized carbons (Fsp3) is 0. The predicted octanol–water partition coefficient (Wildman–Crippen LogP) is 35.6. The van der Waals surface area contributed by atoms with Gasteiger partial charge in [0.05, 0.1) is 100 Å². The molecule has 0 atom stereocenters. The van der Waals surface area contributed by atoms with E-state index in [4.69, 9.17) is 24.9 Å². The molecule has 11 nitrogen and oxygen atoms in total. The Balaban J connectivity index is 0.000000108. The Morgan fingerprint density at radius 1 is 0.113 bits per heavy atom. The van der Waals surface area contributed by atoms with Crippen molar-refractivity contribution < 1.29 is 0 Å². The van der Waals surface area contributed by atoms with Gasteiger partial charge in [0.15, 0.2) is 11.6 Å². The molecule has 0 spiro atoms. The molecule has 9 aromatic heterocycles. The summed E-state index contributed by atoms with van der Waals surface area (Å²) < 4.78 is 14.5. The third-order valence-electron chi connectivity index (χ3n) is 29.4. The number of aromatic nitrogens is 11. The zero-order chi connectivity index (χ0) is 99.1. The third kappa shape index (κ3) is 15.3. The molecule has 0 aliphatic rings. The van der Waals surface area contributed by atoms with Gasteiger partial charge in [-0.25, -0.2) is 24.9 Å². The predicted molar refractivity (Wildman–Crippen MR) is 623 cm³/mol. The second-order valence-corrected chi connectivity index (χ2v) is 38.1. The number of benzene rings is 21. The van der Waals surface area contributed by atoms with Crippen molar-refractivity contribution in [2.24, 2.45) is 0 Å². The van der Waals surface area contributed by atoms with Crippen molar-refractivity contribution in [1.29, 1.82) is 0 Å². The van der Waals surface area contributed by atoms with Gasteiger partial charge >= 0.3 is 0 Å². The largest absolute Gasteiger partial charge is 0.309 e. The second kappa shape index (κ2) is 37.2. The highest BCUT2D eigenvalue weighted by atomic mass is 15.0. The topological polar surface area (TPSA) is 94.0 Å². The Morgan fingerprint density at radius 3 is 0.593 bits per heavy atom. The lowest BCUT2D eigenvalue weighted by Crippen LogP contribution is -1.97. The lowest BCUT2D eigenvalue weighted by molar-refractivity contribution is 1.16. The van der Waals surface area contributed by atoms with Gasteiger partial charge in [-0.15, -0.1) is 0 Å². The SMILES string of the molecule is c1ccc(-c2cc(-c3ccc(-n4c5ccccc5c5ccc6c(c7ccccc7n6-c6ccccc6)c54)cc3)cc(-c3ccccc3)n2)cc1.c1ccc(-c2cc(-c3ccc(-n4c5ccccc5c5ccc6c(c7ccccc7n6-c6ccccc6)c54)cc3)nc(-c3ccccc3)n2)cc1.c1ccc(-c2cc(-c3ccccc3)nc(-c3ccc(-n4c5ccccc5c5ccc6c(c7ccccc7n6-c6ccccc6)c54)cc3)n2)cc1. The molecule has 0 N–H and O–H groups in total. The minimum atomic E-state index is 0.701. The molecular formula is C139H91N11. The number of nitrogens with zero attached hydrogens (tertiary/aromatic N) is 11. The van der Waals surface area contributed by atoms with Crippen molar-refractivity contribution >= 4 is 131 Å². The maximum atomic E-state index is 5.10. The molecular weight excluding hydrogens is 1820 g/mol. The molecule has 150 heavy (non-hydrogen) atoms. The van der Waals surface area contributed by atoms with E-state index in [1.165, 1.54) is 131 Å². The molecule has 0 saturated carbocycles. The molecule has 21 aromatic carbocycles. The van der Waals surface area contributed by atoms with Crippen LogP contribution in [0.2, 0.25) is 0 Å². The van der Waals surface area contributed by atoms with Gasteiger partial charge in [0, 0.05) is 143 Å². The van der Waals surface area contributed by atoms with Crippen LogP contribution in [0.15, 0.2) is 552 Å². The van der Waals surface area contributed by atoms with E-state index in [0.717, 1.165) is 124 Å². The van der Waals surface area contributed by atoms with Crippen LogP contribution in [0, 0.1) is 0 Å². The summed E-state index contributed by atoms with van der Waals surface area (Å²) in [5.74, 6) is 1.41. The van der Waals surface area contributed by atoms with Crippen LogP contribution in [0.5, 0.6) is 0 Å². The van der Waals surface area contributed by atoms with Crippen molar-refractivity contribution in [3.8, 4) is 136 Å². The highest BCUT2D eigenvalue weighted by Gasteiger charge is 2.28. The summed E-state index contributed by atoms with van der Waals surface area (Å²) in [5.41, 5.74) is 37.3. The lowest BCUT2D eigenvalue weighted by atomic mass is 10.00. The van der Waals surface area contributed by atoms with Gasteiger partial charge in [-0.05, 0) is 175 Å². The van der Waals surface area contributed by atoms with Crippen molar-refractivity contribution in [3.05, 3.63) is 552 Å². The first kappa shape index (κ1) is 87.5. The van der Waals surface area contributed by atoms with E-state index in [-0.39, 0.29) is 0 Å². The van der Waals surface area contributed by atoms with Gasteiger partial charge in [-0.2, -0.15) is 0 Å². The van der Waals surface area contributed by atoms with E-state index in [0.29, 0.717) is 11.6 Å². The van der Waals surface area contributed by atoms with Crippen LogP contribution in [0.3, 0.4) is 0 Å². The lowest BCUT2D eigenvalue weighted by Gasteiger charge is -2.13. The van der Waals surface area contributed by atoms with Crippen LogP contribution in [0.4, 0.5) is 0 Å². The zero-order valence-corrected chi connectivity index (χ0v) is 81.5. The van der Waals surface area contributed by atoms with E-state index < -0.39 is 0 Å². The van der Waals surface area contributed by atoms with Crippen LogP contribution in [0.1, 0.15) is 0 Å². The molecule has 0 bridgehead atoms. The van der Waals surface area contributed by atoms with Gasteiger partial charge in [0.1, 0.15) is 0 Å². The summed E-state index contributed by atoms with van der Waals surface area (Å²) in [7, 11) is 0. The highest BCUT2D eigenvalue weighted by molar-refractivity contribution is 6.29. The number of rotatable bonds is 15. The van der Waals surface area contributed by atoms with Crippen LogP contribution < -0.4 is 0 Å².